The lowest BCUT2D eigenvalue weighted by Crippen LogP contribution is -2.15. The molecule has 1 atom stereocenters. The van der Waals surface area contributed by atoms with Gasteiger partial charge in [0.05, 0.1) is 11.3 Å². The first kappa shape index (κ1) is 14.9. The molecule has 2 rings (SSSR count). The van der Waals surface area contributed by atoms with E-state index in [-0.39, 0.29) is 6.54 Å². The molecular formula is C14H11BrF3NO. The fourth-order valence-corrected chi connectivity index (χ4v) is 2.16. The normalized spacial score (nSPS) is 12.2. The molecule has 0 aliphatic carbocycles. The average molecular weight is 346 g/mol. The minimum absolute atomic E-state index is 0.153. The Morgan fingerprint density at radius 3 is 2.40 bits per heavy atom. The van der Waals surface area contributed by atoms with Crippen LogP contribution in [0, 0.1) is 17.5 Å². The Hall–Kier alpha value is -1.53. The van der Waals surface area contributed by atoms with Gasteiger partial charge in [-0.05, 0) is 46.3 Å². The Labute approximate surface area is 122 Å². The predicted molar refractivity (Wildman–Crippen MR) is 73.9 cm³/mol. The molecule has 0 heterocycles. The molecule has 0 saturated carbocycles. The number of anilines is 1. The minimum atomic E-state index is -1.38. The number of halogens is 4. The second-order valence-corrected chi connectivity index (χ2v) is 5.01. The molecule has 2 aromatic carbocycles. The summed E-state index contributed by atoms with van der Waals surface area (Å²) in [6.45, 7) is -0.153. The van der Waals surface area contributed by atoms with E-state index in [1.54, 1.807) is 0 Å². The molecule has 2 N–H and O–H groups in total. The van der Waals surface area contributed by atoms with Crippen LogP contribution in [0.3, 0.4) is 0 Å². The highest BCUT2D eigenvalue weighted by atomic mass is 79.9. The highest BCUT2D eigenvalue weighted by Gasteiger charge is 2.17. The van der Waals surface area contributed by atoms with Crippen LogP contribution in [0.4, 0.5) is 18.9 Å². The van der Waals surface area contributed by atoms with E-state index in [4.69, 9.17) is 0 Å². The Morgan fingerprint density at radius 2 is 1.75 bits per heavy atom. The Balaban J connectivity index is 2.13. The van der Waals surface area contributed by atoms with E-state index in [1.807, 2.05) is 0 Å². The predicted octanol–water partition coefficient (Wildman–Crippen LogP) is 4.01. The van der Waals surface area contributed by atoms with Gasteiger partial charge in [-0.25, -0.2) is 13.2 Å². The Bertz CT molecular complexity index is 601. The molecule has 0 aromatic heterocycles. The van der Waals surface area contributed by atoms with E-state index in [0.29, 0.717) is 10.2 Å². The number of hydrogen-bond donors (Lipinski definition) is 2. The van der Waals surface area contributed by atoms with Crippen molar-refractivity contribution in [1.29, 1.82) is 0 Å². The Kier molecular flexibility index (Phi) is 4.67. The number of aliphatic hydroxyl groups is 1. The van der Waals surface area contributed by atoms with E-state index in [0.717, 1.165) is 12.1 Å². The molecule has 20 heavy (non-hydrogen) atoms. The fourth-order valence-electron chi connectivity index (χ4n) is 1.77. The van der Waals surface area contributed by atoms with Crippen LogP contribution in [-0.4, -0.2) is 11.7 Å². The number of rotatable bonds is 4. The lowest BCUT2D eigenvalue weighted by atomic mass is 10.1. The summed E-state index contributed by atoms with van der Waals surface area (Å²) in [5, 5.41) is 12.6. The topological polar surface area (TPSA) is 32.3 Å². The van der Waals surface area contributed by atoms with E-state index in [9.17, 15) is 18.3 Å². The summed E-state index contributed by atoms with van der Waals surface area (Å²) in [7, 11) is 0. The summed E-state index contributed by atoms with van der Waals surface area (Å²) < 4.78 is 40.6. The van der Waals surface area contributed by atoms with Crippen molar-refractivity contribution < 1.29 is 18.3 Å². The van der Waals surface area contributed by atoms with Gasteiger partial charge in [-0.2, -0.15) is 0 Å². The van der Waals surface area contributed by atoms with Gasteiger partial charge < -0.3 is 10.4 Å². The summed E-state index contributed by atoms with van der Waals surface area (Å²) in [5.74, 6) is -2.10. The third-order valence-electron chi connectivity index (χ3n) is 2.75. The molecular weight excluding hydrogens is 335 g/mol. The van der Waals surface area contributed by atoms with Gasteiger partial charge in [0.15, 0.2) is 0 Å². The van der Waals surface area contributed by atoms with Crippen LogP contribution in [0.2, 0.25) is 0 Å². The van der Waals surface area contributed by atoms with Crippen molar-refractivity contribution in [3.8, 4) is 0 Å². The van der Waals surface area contributed by atoms with Gasteiger partial charge in [-0.1, -0.05) is 6.07 Å². The lowest BCUT2D eigenvalue weighted by Gasteiger charge is -2.15. The van der Waals surface area contributed by atoms with Crippen molar-refractivity contribution in [1.82, 2.24) is 0 Å². The molecule has 6 heteroatoms. The summed E-state index contributed by atoms with van der Waals surface area (Å²) >= 11 is 3.21. The second kappa shape index (κ2) is 6.28. The zero-order valence-electron chi connectivity index (χ0n) is 10.2. The lowest BCUT2D eigenvalue weighted by molar-refractivity contribution is 0.181. The number of benzene rings is 2. The monoisotopic (exact) mass is 345 g/mol. The standard InChI is InChI=1S/C14H11BrF3NO/c15-9-5-4-8(16)6-12(9)19-7-13(20)14-10(17)2-1-3-11(14)18/h1-6,13,19-20H,7H2. The minimum Gasteiger partial charge on any atom is -0.386 e. The summed E-state index contributed by atoms with van der Waals surface area (Å²) in [6.07, 6.45) is -1.38. The van der Waals surface area contributed by atoms with E-state index < -0.39 is 29.1 Å². The van der Waals surface area contributed by atoms with Gasteiger partial charge in [-0.3, -0.25) is 0 Å². The smallest absolute Gasteiger partial charge is 0.132 e. The van der Waals surface area contributed by atoms with Gasteiger partial charge in [-0.15, -0.1) is 0 Å². The van der Waals surface area contributed by atoms with Crippen LogP contribution >= 0.6 is 15.9 Å². The fraction of sp³-hybridized carbons (Fsp3) is 0.143. The first-order valence-electron chi connectivity index (χ1n) is 5.80. The molecule has 1 unspecified atom stereocenters. The third-order valence-corrected chi connectivity index (χ3v) is 3.44. The van der Waals surface area contributed by atoms with Crippen molar-refractivity contribution in [2.45, 2.75) is 6.10 Å². The van der Waals surface area contributed by atoms with Gasteiger partial charge in [0.1, 0.15) is 23.6 Å². The Morgan fingerprint density at radius 1 is 1.10 bits per heavy atom. The summed E-state index contributed by atoms with van der Waals surface area (Å²) in [6, 6.07) is 7.33. The van der Waals surface area contributed by atoms with Crippen molar-refractivity contribution in [3.05, 3.63) is 63.9 Å². The number of aliphatic hydroxyl groups excluding tert-OH is 1. The van der Waals surface area contributed by atoms with Gasteiger partial charge in [0, 0.05) is 11.0 Å². The molecule has 0 fully saturated rings. The maximum atomic E-state index is 13.5. The van der Waals surface area contributed by atoms with Crippen LogP contribution in [0.1, 0.15) is 11.7 Å². The van der Waals surface area contributed by atoms with Crippen LogP contribution in [0.15, 0.2) is 40.9 Å². The maximum Gasteiger partial charge on any atom is 0.132 e. The number of hydrogen-bond acceptors (Lipinski definition) is 2. The molecule has 106 valence electrons. The zero-order chi connectivity index (χ0) is 14.7. The van der Waals surface area contributed by atoms with Gasteiger partial charge in [0.2, 0.25) is 0 Å². The molecule has 0 aliphatic heterocycles. The number of nitrogens with one attached hydrogen (secondary N) is 1. The first-order valence-corrected chi connectivity index (χ1v) is 6.59. The van der Waals surface area contributed by atoms with Crippen LogP contribution < -0.4 is 5.32 Å². The van der Waals surface area contributed by atoms with Gasteiger partial charge in [0.25, 0.3) is 0 Å². The summed E-state index contributed by atoms with van der Waals surface area (Å²) in [4.78, 5) is 0. The van der Waals surface area contributed by atoms with Crippen molar-refractivity contribution in [2.24, 2.45) is 0 Å². The molecule has 0 aliphatic rings. The van der Waals surface area contributed by atoms with Crippen LogP contribution in [0.25, 0.3) is 0 Å². The molecule has 0 bridgehead atoms. The van der Waals surface area contributed by atoms with Crippen LogP contribution in [-0.2, 0) is 0 Å². The molecule has 0 spiro atoms. The average Bonchev–Trinajstić information content (AvgIpc) is 2.39. The zero-order valence-corrected chi connectivity index (χ0v) is 11.8. The highest BCUT2D eigenvalue weighted by Crippen LogP contribution is 2.25. The quantitative estimate of drug-likeness (QED) is 0.877. The van der Waals surface area contributed by atoms with E-state index >= 15 is 0 Å². The molecule has 2 nitrogen and oxygen atoms in total. The molecule has 0 radical (unpaired) electrons. The molecule has 0 saturated heterocycles. The first-order chi connectivity index (χ1) is 9.49. The van der Waals surface area contributed by atoms with E-state index in [1.165, 1.54) is 24.3 Å². The van der Waals surface area contributed by atoms with Crippen molar-refractivity contribution >= 4 is 21.6 Å². The molecule has 2 aromatic rings. The SMILES string of the molecule is OC(CNc1cc(F)ccc1Br)c1c(F)cccc1F. The van der Waals surface area contributed by atoms with Gasteiger partial charge >= 0.3 is 0 Å². The van der Waals surface area contributed by atoms with Crippen LogP contribution in [0.5, 0.6) is 0 Å². The van der Waals surface area contributed by atoms with Crippen molar-refractivity contribution in [3.63, 3.8) is 0 Å². The summed E-state index contributed by atoms with van der Waals surface area (Å²) in [5.41, 5.74) is -0.0201. The van der Waals surface area contributed by atoms with E-state index in [2.05, 4.69) is 21.2 Å². The largest absolute Gasteiger partial charge is 0.386 e. The second-order valence-electron chi connectivity index (χ2n) is 4.16. The van der Waals surface area contributed by atoms with Crippen molar-refractivity contribution in [2.75, 3.05) is 11.9 Å². The third kappa shape index (κ3) is 3.32. The maximum absolute atomic E-state index is 13.5. The highest BCUT2D eigenvalue weighted by molar-refractivity contribution is 9.10. The molecule has 0 amide bonds.